The Morgan fingerprint density at radius 3 is 1.76 bits per heavy atom. The predicted octanol–water partition coefficient (Wildman–Crippen LogP) is 7.96. The van der Waals surface area contributed by atoms with Crippen LogP contribution in [0.25, 0.3) is 21.9 Å². The maximum Gasteiger partial charge on any atom is 0.321 e. The number of amides is 4. The molecule has 0 bridgehead atoms. The predicted molar refractivity (Wildman–Crippen MR) is 267 cm³/mol. The first-order valence-electron chi connectivity index (χ1n) is 23.4. The van der Waals surface area contributed by atoms with E-state index in [9.17, 15) is 9.59 Å². The third-order valence-corrected chi connectivity index (χ3v) is 13.3. The number of fused-ring (bicyclic) bond motifs is 4. The summed E-state index contributed by atoms with van der Waals surface area (Å²) < 4.78 is 31.7. The van der Waals surface area contributed by atoms with Crippen molar-refractivity contribution in [2.24, 2.45) is 11.5 Å². The van der Waals surface area contributed by atoms with Gasteiger partial charge < -0.3 is 49.2 Å². The van der Waals surface area contributed by atoms with E-state index in [2.05, 4.69) is 81.8 Å². The van der Waals surface area contributed by atoms with Gasteiger partial charge in [-0.3, -0.25) is 20.0 Å². The number of carbonyl (C=O) groups excluding carboxylic acids is 2. The van der Waals surface area contributed by atoms with Gasteiger partial charge in [0.2, 0.25) is 5.88 Å². The monoisotopic (exact) mass is 977 g/mol. The molecule has 5 N–H and O–H groups in total. The van der Waals surface area contributed by atoms with E-state index in [0.717, 1.165) is 153 Å². The number of ether oxygens (including phenoxy) is 4. The van der Waals surface area contributed by atoms with Crippen LogP contribution in [0.5, 0.6) is 23.0 Å². The molecule has 2 saturated heterocycles. The highest BCUT2D eigenvalue weighted by Crippen LogP contribution is 2.36. The molecule has 4 aliphatic rings. The van der Waals surface area contributed by atoms with Crippen molar-refractivity contribution in [2.75, 3.05) is 118 Å². The Bertz CT molecular complexity index is 2640. The molecule has 10 rings (SSSR count). The van der Waals surface area contributed by atoms with Crippen LogP contribution in [0, 0.1) is 0 Å². The fourth-order valence-corrected chi connectivity index (χ4v) is 9.65. The second-order valence-corrected chi connectivity index (χ2v) is 18.1. The van der Waals surface area contributed by atoms with E-state index in [1.807, 2.05) is 54.6 Å². The lowest BCUT2D eigenvalue weighted by Gasteiger charge is -2.36. The first kappa shape index (κ1) is 45.8. The molecule has 6 aromatic rings. The molecule has 4 amide bonds. The van der Waals surface area contributed by atoms with E-state index in [1.165, 1.54) is 16.3 Å². The summed E-state index contributed by atoms with van der Waals surface area (Å²) in [6, 6.07) is 29.2. The van der Waals surface area contributed by atoms with Crippen molar-refractivity contribution in [1.29, 1.82) is 0 Å². The maximum atomic E-state index is 12.0. The number of primary amides is 2. The van der Waals surface area contributed by atoms with Crippen molar-refractivity contribution >= 4 is 72.9 Å². The number of unbranched alkanes of at least 4 members (excludes halogenated alkanes) is 2. The molecule has 0 unspecified atom stereocenters. The minimum absolute atomic E-state index is 0.494. The molecular formula is C50H60BrN9O7. The number of rotatable bonds is 14. The third-order valence-electron chi connectivity index (χ3n) is 12.8. The molecule has 354 valence electrons. The molecule has 6 heterocycles. The number of benzene rings is 4. The molecule has 4 aliphatic heterocycles. The number of para-hydroxylation sites is 1. The van der Waals surface area contributed by atoms with Gasteiger partial charge in [0.05, 0.1) is 0 Å². The van der Waals surface area contributed by atoms with Crippen LogP contribution in [0.1, 0.15) is 25.7 Å². The van der Waals surface area contributed by atoms with Crippen LogP contribution >= 0.6 is 15.9 Å². The molecule has 4 aromatic carbocycles. The Labute approximate surface area is 399 Å². The average molecular weight is 979 g/mol. The number of hydrogen-bond acceptors (Lipinski definition) is 11. The van der Waals surface area contributed by atoms with Crippen molar-refractivity contribution in [1.82, 2.24) is 14.4 Å². The SMILES string of the molecule is NC(=O)N(CCCCN1CCN(c2ccc3c(c2)OCCO3)CC1)c1cc2cc(Br)ccc2o1.NC(=O)Nc1cc2ccccc2n1CCCCN1CCN(c2ccc3c(c2)OCCO3)CC1. The fourth-order valence-electron chi connectivity index (χ4n) is 9.27. The fraction of sp³-hybridized carbons (Fsp3) is 0.400. The average Bonchev–Trinajstić information content (AvgIpc) is 3.92. The van der Waals surface area contributed by atoms with E-state index in [-0.39, 0.29) is 0 Å². The molecule has 2 fully saturated rings. The lowest BCUT2D eigenvalue weighted by molar-refractivity contribution is 0.171. The van der Waals surface area contributed by atoms with Crippen LogP contribution in [0.3, 0.4) is 0 Å². The van der Waals surface area contributed by atoms with Crippen LogP contribution in [0.15, 0.2) is 99.9 Å². The second kappa shape index (κ2) is 21.6. The molecular weight excluding hydrogens is 919 g/mol. The van der Waals surface area contributed by atoms with Crippen molar-refractivity contribution < 1.29 is 33.0 Å². The highest BCUT2D eigenvalue weighted by molar-refractivity contribution is 9.10. The highest BCUT2D eigenvalue weighted by atomic mass is 79.9. The zero-order valence-electron chi connectivity index (χ0n) is 37.9. The van der Waals surface area contributed by atoms with Crippen molar-refractivity contribution in [3.63, 3.8) is 0 Å². The number of aromatic nitrogens is 1. The van der Waals surface area contributed by atoms with Gasteiger partial charge in [-0.05, 0) is 93.4 Å². The number of carbonyl (C=O) groups is 2. The van der Waals surface area contributed by atoms with Gasteiger partial charge >= 0.3 is 12.1 Å². The van der Waals surface area contributed by atoms with Crippen LogP contribution in [-0.4, -0.2) is 125 Å². The number of halogens is 1. The van der Waals surface area contributed by atoms with E-state index in [1.54, 1.807) is 0 Å². The number of nitrogens with one attached hydrogen (secondary N) is 1. The quantitative estimate of drug-likeness (QED) is 0.0906. The summed E-state index contributed by atoms with van der Waals surface area (Å²) in [5.41, 5.74) is 15.2. The number of hydrogen-bond donors (Lipinski definition) is 3. The van der Waals surface area contributed by atoms with Crippen LogP contribution in [0.2, 0.25) is 0 Å². The molecule has 17 heteroatoms. The summed E-state index contributed by atoms with van der Waals surface area (Å²) in [5.74, 6) is 4.61. The number of nitrogens with zero attached hydrogens (tertiary/aromatic N) is 6. The number of anilines is 4. The molecule has 67 heavy (non-hydrogen) atoms. The van der Waals surface area contributed by atoms with Crippen molar-refractivity contribution in [3.05, 3.63) is 95.5 Å². The molecule has 0 spiro atoms. The highest BCUT2D eigenvalue weighted by Gasteiger charge is 2.23. The summed E-state index contributed by atoms with van der Waals surface area (Å²) in [7, 11) is 0. The van der Waals surface area contributed by atoms with E-state index in [4.69, 9.17) is 34.8 Å². The van der Waals surface area contributed by atoms with Crippen molar-refractivity contribution in [2.45, 2.75) is 32.2 Å². The lowest BCUT2D eigenvalue weighted by Crippen LogP contribution is -2.46. The van der Waals surface area contributed by atoms with Gasteiger partial charge in [-0.2, -0.15) is 0 Å². The van der Waals surface area contributed by atoms with Crippen LogP contribution < -0.4 is 50.4 Å². The first-order chi connectivity index (χ1) is 32.7. The van der Waals surface area contributed by atoms with Gasteiger partial charge in [0.15, 0.2) is 23.0 Å². The van der Waals surface area contributed by atoms with Gasteiger partial charge in [-0.15, -0.1) is 0 Å². The zero-order valence-corrected chi connectivity index (χ0v) is 39.5. The summed E-state index contributed by atoms with van der Waals surface area (Å²) in [5, 5.41) is 4.81. The Morgan fingerprint density at radius 2 is 1.16 bits per heavy atom. The Hall–Kier alpha value is -6.30. The van der Waals surface area contributed by atoms with Gasteiger partial charge in [0.25, 0.3) is 0 Å². The minimum atomic E-state index is -0.532. The third kappa shape index (κ3) is 11.5. The smallest absolute Gasteiger partial charge is 0.321 e. The van der Waals surface area contributed by atoms with Gasteiger partial charge in [0, 0.05) is 116 Å². The number of urea groups is 2. The first-order valence-corrected chi connectivity index (χ1v) is 24.2. The molecule has 16 nitrogen and oxygen atoms in total. The topological polar surface area (TPSA) is 169 Å². The van der Waals surface area contributed by atoms with Crippen LogP contribution in [0.4, 0.5) is 32.7 Å². The van der Waals surface area contributed by atoms with E-state index < -0.39 is 12.1 Å². The maximum absolute atomic E-state index is 12.0. The van der Waals surface area contributed by atoms with E-state index in [0.29, 0.717) is 38.9 Å². The second-order valence-electron chi connectivity index (χ2n) is 17.2. The lowest BCUT2D eigenvalue weighted by atomic mass is 10.2. The zero-order chi connectivity index (χ0) is 46.1. The Morgan fingerprint density at radius 1 is 0.597 bits per heavy atom. The minimum Gasteiger partial charge on any atom is -0.486 e. The summed E-state index contributed by atoms with van der Waals surface area (Å²) >= 11 is 3.46. The number of nitrogens with two attached hydrogens (primary N) is 2. The Balaban J connectivity index is 0.000000168. The number of aryl methyl sites for hydroxylation is 1. The molecule has 2 aromatic heterocycles. The molecule has 0 radical (unpaired) electrons. The summed E-state index contributed by atoms with van der Waals surface area (Å²) in [6.07, 6.45) is 3.98. The summed E-state index contributed by atoms with van der Waals surface area (Å²) in [4.78, 5) is 34.8. The van der Waals surface area contributed by atoms with Gasteiger partial charge in [0.1, 0.15) is 37.8 Å². The van der Waals surface area contributed by atoms with Gasteiger partial charge in [-0.1, -0.05) is 34.1 Å². The van der Waals surface area contributed by atoms with Crippen LogP contribution in [-0.2, 0) is 6.54 Å². The van der Waals surface area contributed by atoms with Crippen molar-refractivity contribution in [3.8, 4) is 23.0 Å². The molecule has 0 saturated carbocycles. The standard InChI is InChI=1S/C25H29BrN4O4.C25H31N5O3/c26-19-3-5-21-18(15-19)16-24(34-21)30(25(27)31)8-2-1-7-28-9-11-29(12-10-28)20-4-6-22-23(17-20)33-14-13-32-22;26-25(31)27-24-17-19-5-1-2-6-21(19)30(24)10-4-3-9-28-11-13-29(14-12-28)20-7-8-22-23(18-20)33-16-15-32-22/h3-6,15-17H,1-2,7-14H2,(H2,27,31);1-2,5-8,17-18H,3-4,9-16H2,(H3,26,27,31). The molecule has 0 atom stereocenters. The largest absolute Gasteiger partial charge is 0.486 e. The molecule has 0 aliphatic carbocycles. The number of piperazine rings is 2. The van der Waals surface area contributed by atoms with Gasteiger partial charge in [-0.25, -0.2) is 9.59 Å². The number of furan rings is 1. The normalized spacial score (nSPS) is 16.1. The Kier molecular flexibility index (Phi) is 14.7. The summed E-state index contributed by atoms with van der Waals surface area (Å²) in [6.45, 7) is 14.0. The van der Waals surface area contributed by atoms with E-state index >= 15 is 0 Å².